The average Bonchev–Trinajstić information content (AvgIpc) is 3.54. The zero-order valence-corrected chi connectivity index (χ0v) is 21.6. The fourth-order valence-corrected chi connectivity index (χ4v) is 6.46. The highest BCUT2D eigenvalue weighted by Crippen LogP contribution is 2.33. The van der Waals surface area contributed by atoms with Crippen LogP contribution in [0, 0.1) is 5.92 Å². The lowest BCUT2D eigenvalue weighted by atomic mass is 9.80. The normalized spacial score (nSPS) is 25.4. The van der Waals surface area contributed by atoms with Crippen LogP contribution >= 0.6 is 22.7 Å². The minimum absolute atomic E-state index is 0.0593. The van der Waals surface area contributed by atoms with Crippen LogP contribution < -0.4 is 10.6 Å². The Morgan fingerprint density at radius 2 is 2.00 bits per heavy atom. The molecular weight excluding hydrogens is 472 g/mol. The van der Waals surface area contributed by atoms with Crippen LogP contribution in [0.15, 0.2) is 22.9 Å². The van der Waals surface area contributed by atoms with Crippen LogP contribution in [0.1, 0.15) is 56.3 Å². The third kappa shape index (κ3) is 5.50. The smallest absolute Gasteiger partial charge is 0.310 e. The molecule has 10 heteroatoms. The van der Waals surface area contributed by atoms with Crippen molar-refractivity contribution in [2.45, 2.75) is 70.1 Å². The van der Waals surface area contributed by atoms with Crippen molar-refractivity contribution < 1.29 is 19.1 Å². The molecule has 3 heterocycles. The second-order valence-electron chi connectivity index (χ2n) is 9.96. The molecule has 1 saturated carbocycles. The van der Waals surface area contributed by atoms with Gasteiger partial charge in [0.25, 0.3) is 5.91 Å². The van der Waals surface area contributed by atoms with E-state index in [1.165, 1.54) is 18.4 Å². The van der Waals surface area contributed by atoms with Gasteiger partial charge >= 0.3 is 5.97 Å². The first kappa shape index (κ1) is 24.8. The number of carbonyl (C=O) groups excluding carboxylic acids is 3. The number of aromatic nitrogens is 1. The maximum atomic E-state index is 13.3. The van der Waals surface area contributed by atoms with Crippen molar-refractivity contribution in [1.29, 1.82) is 0 Å². The summed E-state index contributed by atoms with van der Waals surface area (Å²) in [7, 11) is 1.40. The van der Waals surface area contributed by atoms with Crippen LogP contribution in [0.5, 0.6) is 0 Å². The number of ether oxygens (including phenoxy) is 1. The number of hydrogen-bond donors (Lipinski definition) is 2. The van der Waals surface area contributed by atoms with Crippen molar-refractivity contribution >= 4 is 40.5 Å². The SMILES string of the molecule is COC(=O)[C@@H]1C[C@H](NC(C)(C)C)CC[C@@H]1N1CCC(NC(=O)c2nc(-c3cccs3)cs2)C1=O. The quantitative estimate of drug-likeness (QED) is 0.586. The minimum atomic E-state index is -0.606. The van der Waals surface area contributed by atoms with Crippen LogP contribution in [0.4, 0.5) is 0 Å². The van der Waals surface area contributed by atoms with Crippen molar-refractivity contribution in [3.05, 3.63) is 27.9 Å². The Kier molecular flexibility index (Phi) is 7.39. The summed E-state index contributed by atoms with van der Waals surface area (Å²) in [6.45, 7) is 6.83. The summed E-state index contributed by atoms with van der Waals surface area (Å²) < 4.78 is 5.09. The molecule has 0 bridgehead atoms. The van der Waals surface area contributed by atoms with Crippen LogP contribution in [0.3, 0.4) is 0 Å². The highest BCUT2D eigenvalue weighted by Gasteiger charge is 2.45. The van der Waals surface area contributed by atoms with E-state index in [-0.39, 0.29) is 41.3 Å². The zero-order chi connectivity index (χ0) is 24.5. The van der Waals surface area contributed by atoms with Gasteiger partial charge in [-0.2, -0.15) is 0 Å². The predicted octanol–water partition coefficient (Wildman–Crippen LogP) is 3.30. The van der Waals surface area contributed by atoms with Gasteiger partial charge in [0.2, 0.25) is 5.91 Å². The average molecular weight is 505 g/mol. The van der Waals surface area contributed by atoms with Gasteiger partial charge in [0.15, 0.2) is 5.01 Å². The summed E-state index contributed by atoms with van der Waals surface area (Å²) in [5.74, 6) is -1.14. The van der Waals surface area contributed by atoms with E-state index in [1.54, 1.807) is 16.2 Å². The number of carbonyl (C=O) groups is 3. The molecule has 8 nitrogen and oxygen atoms in total. The van der Waals surface area contributed by atoms with E-state index in [2.05, 4.69) is 36.4 Å². The van der Waals surface area contributed by atoms with Gasteiger partial charge in [0.1, 0.15) is 6.04 Å². The molecule has 2 amide bonds. The molecule has 0 aromatic carbocycles. The molecule has 34 heavy (non-hydrogen) atoms. The monoisotopic (exact) mass is 504 g/mol. The molecule has 0 radical (unpaired) electrons. The lowest BCUT2D eigenvalue weighted by Crippen LogP contribution is -2.55. The fourth-order valence-electron chi connectivity index (χ4n) is 4.98. The van der Waals surface area contributed by atoms with Crippen LogP contribution in [-0.2, 0) is 14.3 Å². The molecule has 2 aromatic rings. The summed E-state index contributed by atoms with van der Waals surface area (Å²) in [4.78, 5) is 45.9. The highest BCUT2D eigenvalue weighted by atomic mass is 32.1. The van der Waals surface area contributed by atoms with E-state index in [9.17, 15) is 14.4 Å². The number of likely N-dealkylation sites (tertiary alicyclic amines) is 1. The van der Waals surface area contributed by atoms with E-state index in [0.29, 0.717) is 24.4 Å². The van der Waals surface area contributed by atoms with Crippen LogP contribution in [0.2, 0.25) is 0 Å². The van der Waals surface area contributed by atoms with Crippen LogP contribution in [0.25, 0.3) is 10.6 Å². The number of rotatable bonds is 6. The Labute approximate surface area is 208 Å². The molecule has 0 spiro atoms. The molecule has 2 fully saturated rings. The van der Waals surface area contributed by atoms with Crippen molar-refractivity contribution in [2.24, 2.45) is 5.92 Å². The Morgan fingerprint density at radius 3 is 2.68 bits per heavy atom. The topological polar surface area (TPSA) is 101 Å². The van der Waals surface area contributed by atoms with E-state index in [0.717, 1.165) is 23.4 Å². The van der Waals surface area contributed by atoms with Gasteiger partial charge in [-0.25, -0.2) is 4.98 Å². The van der Waals surface area contributed by atoms with Gasteiger partial charge in [0, 0.05) is 29.5 Å². The first-order valence-electron chi connectivity index (χ1n) is 11.6. The van der Waals surface area contributed by atoms with Crippen molar-refractivity contribution in [3.63, 3.8) is 0 Å². The number of nitrogens with one attached hydrogen (secondary N) is 2. The third-order valence-electron chi connectivity index (χ3n) is 6.37. The number of nitrogens with zero attached hydrogens (tertiary/aromatic N) is 2. The second-order valence-corrected chi connectivity index (χ2v) is 11.8. The van der Waals surface area contributed by atoms with E-state index < -0.39 is 6.04 Å². The first-order valence-corrected chi connectivity index (χ1v) is 13.4. The number of esters is 1. The molecule has 4 atom stereocenters. The third-order valence-corrected chi connectivity index (χ3v) is 8.11. The molecule has 1 aliphatic heterocycles. The lowest BCUT2D eigenvalue weighted by molar-refractivity contribution is -0.151. The molecular formula is C24H32N4O4S2. The van der Waals surface area contributed by atoms with Crippen LogP contribution in [-0.4, -0.2) is 65.0 Å². The Hall–Kier alpha value is -2.30. The van der Waals surface area contributed by atoms with Gasteiger partial charge < -0.3 is 20.3 Å². The van der Waals surface area contributed by atoms with E-state index >= 15 is 0 Å². The Morgan fingerprint density at radius 1 is 1.21 bits per heavy atom. The number of thiazole rings is 1. The minimum Gasteiger partial charge on any atom is -0.469 e. The molecule has 4 rings (SSSR count). The van der Waals surface area contributed by atoms with Crippen molar-refractivity contribution in [2.75, 3.05) is 13.7 Å². The summed E-state index contributed by atoms with van der Waals surface area (Å²) in [5.41, 5.74) is 0.710. The van der Waals surface area contributed by atoms with E-state index in [1.807, 2.05) is 22.9 Å². The maximum absolute atomic E-state index is 13.3. The van der Waals surface area contributed by atoms with Gasteiger partial charge in [-0.3, -0.25) is 14.4 Å². The highest BCUT2D eigenvalue weighted by molar-refractivity contribution is 7.15. The largest absolute Gasteiger partial charge is 0.469 e. The number of hydrogen-bond acceptors (Lipinski definition) is 8. The Balaban J connectivity index is 1.40. The van der Waals surface area contributed by atoms with Gasteiger partial charge in [-0.05, 0) is 57.9 Å². The van der Waals surface area contributed by atoms with Crippen molar-refractivity contribution in [1.82, 2.24) is 20.5 Å². The summed E-state index contributed by atoms with van der Waals surface area (Å²) in [6.07, 6.45) is 2.74. The maximum Gasteiger partial charge on any atom is 0.310 e. The summed E-state index contributed by atoms with van der Waals surface area (Å²) in [5, 5.41) is 10.6. The Bertz CT molecular complexity index is 1030. The molecule has 2 aromatic heterocycles. The van der Waals surface area contributed by atoms with Gasteiger partial charge in [-0.1, -0.05) is 6.07 Å². The number of amides is 2. The lowest BCUT2D eigenvalue weighted by Gasteiger charge is -2.41. The van der Waals surface area contributed by atoms with Gasteiger partial charge in [0.05, 0.1) is 23.6 Å². The fraction of sp³-hybridized carbons (Fsp3) is 0.583. The number of thiophene rings is 1. The summed E-state index contributed by atoms with van der Waals surface area (Å²) in [6, 6.07) is 3.27. The molecule has 2 N–H and O–H groups in total. The van der Waals surface area contributed by atoms with Crippen molar-refractivity contribution in [3.8, 4) is 10.6 Å². The van der Waals surface area contributed by atoms with Gasteiger partial charge in [-0.15, -0.1) is 22.7 Å². The molecule has 184 valence electrons. The molecule has 1 unspecified atom stereocenters. The number of methoxy groups -OCH3 is 1. The zero-order valence-electron chi connectivity index (χ0n) is 20.0. The molecule has 1 aliphatic carbocycles. The first-order chi connectivity index (χ1) is 16.2. The van der Waals surface area contributed by atoms with E-state index in [4.69, 9.17) is 4.74 Å². The standard InChI is InChI=1S/C24H32N4O4S2/c1-24(2,3)27-14-7-8-18(15(12-14)23(31)32-4)28-10-9-16(22(28)30)25-20(29)21-26-17(13-34-21)19-6-5-11-33-19/h5-6,11,13-16,18,27H,7-10,12H2,1-4H3,(H,25,29)/t14-,15-,16?,18+/m1/s1. The molecule has 2 aliphatic rings. The molecule has 1 saturated heterocycles. The predicted molar refractivity (Wildman–Crippen MR) is 133 cm³/mol. The second kappa shape index (κ2) is 10.1. The summed E-state index contributed by atoms with van der Waals surface area (Å²) >= 11 is 2.84.